The van der Waals surface area contributed by atoms with E-state index in [9.17, 15) is 33.6 Å². The molecule has 17 heteroatoms. The lowest BCUT2D eigenvalue weighted by Gasteiger charge is -2.27. The number of hydrogen-bond donors (Lipinski definition) is 7. The monoisotopic (exact) mass is 956 g/mol. The minimum Gasteiger partial charge on any atom is -0.480 e. The van der Waals surface area contributed by atoms with Gasteiger partial charge in [0.25, 0.3) is 0 Å². The van der Waals surface area contributed by atoms with Crippen molar-refractivity contribution in [3.05, 3.63) is 24.3 Å². The molecule has 0 aromatic carbocycles. The predicted octanol–water partition coefficient (Wildman–Crippen LogP) is 8.33. The minimum absolute atomic E-state index is 0.000836. The maximum Gasteiger partial charge on any atom is 0.317 e. The molecule has 9 N–H and O–H groups in total. The molecule has 0 aliphatic carbocycles. The molecule has 17 nitrogen and oxygen atoms in total. The molecule has 0 aliphatic rings. The summed E-state index contributed by atoms with van der Waals surface area (Å²) >= 11 is 0. The van der Waals surface area contributed by atoms with Gasteiger partial charge in [-0.05, 0) is 64.2 Å². The Morgan fingerprint density at radius 3 is 0.776 bits per heavy atom. The highest BCUT2D eigenvalue weighted by atomic mass is 16.4. The molecule has 0 aromatic rings. The van der Waals surface area contributed by atoms with Gasteiger partial charge in [-0.15, -0.1) is 0 Å². The summed E-state index contributed by atoms with van der Waals surface area (Å²) in [5.74, 6) is -6.48. The summed E-state index contributed by atoms with van der Waals surface area (Å²) in [6, 6.07) is 0. The number of nitrogens with two attached hydrogens (primary N) is 2. The van der Waals surface area contributed by atoms with Crippen molar-refractivity contribution in [2.24, 2.45) is 11.5 Å². The van der Waals surface area contributed by atoms with Crippen molar-refractivity contribution in [1.29, 1.82) is 0 Å². The number of hydrogen-bond acceptors (Lipinski definition) is 10. The number of rotatable bonds is 46. The lowest BCUT2D eigenvalue weighted by atomic mass is 10.1. The largest absolute Gasteiger partial charge is 0.480 e. The highest BCUT2D eigenvalue weighted by Crippen LogP contribution is 2.11. The van der Waals surface area contributed by atoms with Crippen LogP contribution in [0.2, 0.25) is 0 Å². The molecular weight excluding hydrogens is 863 g/mol. The lowest BCUT2D eigenvalue weighted by Crippen LogP contribution is -2.45. The molecule has 0 radical (unpaired) electrons. The van der Waals surface area contributed by atoms with E-state index >= 15 is 0 Å². The van der Waals surface area contributed by atoms with Crippen LogP contribution in [0, 0.1) is 0 Å². The molecule has 0 unspecified atom stereocenters. The van der Waals surface area contributed by atoms with Gasteiger partial charge in [-0.2, -0.15) is 0 Å². The van der Waals surface area contributed by atoms with Gasteiger partial charge in [0.05, 0.1) is 32.7 Å². The highest BCUT2D eigenvalue weighted by Gasteiger charge is 2.19. The fourth-order valence-corrected chi connectivity index (χ4v) is 6.96. The van der Waals surface area contributed by atoms with Gasteiger partial charge in [-0.25, -0.2) is 0 Å². The van der Waals surface area contributed by atoms with Crippen LogP contribution in [0.15, 0.2) is 24.3 Å². The van der Waals surface area contributed by atoms with Gasteiger partial charge in [0.2, 0.25) is 11.8 Å². The molecule has 0 saturated carbocycles. The molecule has 0 spiro atoms. The summed E-state index contributed by atoms with van der Waals surface area (Å²) in [6.07, 6.45) is 43.8. The van der Waals surface area contributed by atoms with E-state index < -0.39 is 62.6 Å². The third-order valence-corrected chi connectivity index (χ3v) is 10.6. The Morgan fingerprint density at radius 2 is 0.537 bits per heavy atom. The second kappa shape index (κ2) is 51.0. The van der Waals surface area contributed by atoms with Gasteiger partial charge in [-0.1, -0.05) is 141 Å². The number of amides is 2. The summed E-state index contributed by atoms with van der Waals surface area (Å²) in [7, 11) is 0. The number of primary amides is 2. The molecule has 0 aromatic heterocycles. The first-order valence-corrected chi connectivity index (χ1v) is 25.2. The Bertz CT molecular complexity index is 1210. The quantitative estimate of drug-likeness (QED) is 0.0223. The molecule has 0 fully saturated rings. The summed E-state index contributed by atoms with van der Waals surface area (Å²) in [5.41, 5.74) is 10.2. The van der Waals surface area contributed by atoms with Crippen LogP contribution in [-0.4, -0.2) is 141 Å². The average Bonchev–Trinajstić information content (AvgIpc) is 3.23. The molecule has 0 rings (SSSR count). The Labute approximate surface area is 402 Å². The first-order chi connectivity index (χ1) is 32.0. The van der Waals surface area contributed by atoms with Crippen LogP contribution in [0.4, 0.5) is 0 Å². The van der Waals surface area contributed by atoms with Crippen LogP contribution in [0.3, 0.4) is 0 Å². The molecule has 0 aliphatic heterocycles. The zero-order chi connectivity index (χ0) is 50.8. The van der Waals surface area contributed by atoms with Crippen molar-refractivity contribution >= 4 is 41.7 Å². The number of unbranched alkanes of at least 4 members (excludes halogenated alkanes) is 22. The molecule has 0 heterocycles. The van der Waals surface area contributed by atoms with Gasteiger partial charge in [0.15, 0.2) is 0 Å². The second-order valence-electron chi connectivity index (χ2n) is 17.3. The topological polar surface area (TPSA) is 282 Å². The van der Waals surface area contributed by atoms with E-state index in [1.54, 1.807) is 0 Å². The van der Waals surface area contributed by atoms with E-state index in [2.05, 4.69) is 38.2 Å². The Kier molecular flexibility index (Phi) is 51.0. The van der Waals surface area contributed by atoms with E-state index in [1.807, 2.05) is 0 Å². The van der Waals surface area contributed by atoms with Crippen LogP contribution < -0.4 is 11.5 Å². The van der Waals surface area contributed by atoms with Crippen LogP contribution in [0.5, 0.6) is 0 Å². The average molecular weight is 956 g/mol. The van der Waals surface area contributed by atoms with Crippen LogP contribution in [-0.2, 0) is 33.6 Å². The maximum absolute atomic E-state index is 11.0. The van der Waals surface area contributed by atoms with Gasteiger partial charge in [0.1, 0.15) is 0 Å². The number of carbonyl (C=O) groups is 7. The number of carbonyl (C=O) groups excluding carboxylic acids is 2. The number of nitrogens with zero attached hydrogens (tertiary/aromatic N) is 3. The van der Waals surface area contributed by atoms with Crippen molar-refractivity contribution in [1.82, 2.24) is 14.7 Å². The van der Waals surface area contributed by atoms with E-state index in [4.69, 9.17) is 37.0 Å². The minimum atomic E-state index is -1.24. The highest BCUT2D eigenvalue weighted by molar-refractivity contribution is 5.74. The van der Waals surface area contributed by atoms with Gasteiger partial charge >= 0.3 is 29.8 Å². The number of allylic oxidation sites excluding steroid dienone is 4. The first kappa shape index (κ1) is 66.9. The van der Waals surface area contributed by atoms with Crippen molar-refractivity contribution in [3.8, 4) is 0 Å². The smallest absolute Gasteiger partial charge is 0.317 e. The number of carboxylic acid groups (broad SMARTS) is 5. The van der Waals surface area contributed by atoms with E-state index in [-0.39, 0.29) is 38.0 Å². The first-order valence-electron chi connectivity index (χ1n) is 25.2. The van der Waals surface area contributed by atoms with Crippen molar-refractivity contribution < 1.29 is 59.1 Å². The summed E-state index contributed by atoms with van der Waals surface area (Å²) in [5, 5.41) is 44.1. The van der Waals surface area contributed by atoms with Gasteiger partial charge in [-0.3, -0.25) is 48.3 Å². The molecule has 390 valence electrons. The van der Waals surface area contributed by atoms with Crippen LogP contribution >= 0.6 is 0 Å². The number of carboxylic acids is 5. The van der Waals surface area contributed by atoms with Crippen molar-refractivity contribution in [2.45, 2.75) is 194 Å². The molecule has 0 bridgehead atoms. The Hall–Kier alpha value is -4.35. The van der Waals surface area contributed by atoms with Crippen LogP contribution in [0.25, 0.3) is 0 Å². The predicted molar refractivity (Wildman–Crippen MR) is 265 cm³/mol. The van der Waals surface area contributed by atoms with Gasteiger partial charge in [0, 0.05) is 39.0 Å². The number of aliphatic carboxylic acids is 5. The normalized spacial score (nSPS) is 11.2. The maximum atomic E-state index is 11.0. The standard InChI is InChI=1S/2C18H35NO.C14H23N3O10/c2*1-2-3-4-5-6-7-8-9-10-11-12-13-14-15-16-17-18(19)20;18-10(19)5-15(1-3-16(6-11(20)21)7-12(22)23)2-4-17(8-13(24)25)9-14(26)27/h2*9-10H,2-8,11-17H2,1H3,(H2,19,20);1-9H2,(H,18,19)(H,20,21)(H,22,23)(H,24,25)(H,26,27)/b2*10-9-;. The zero-order valence-electron chi connectivity index (χ0n) is 41.6. The fourth-order valence-electron chi connectivity index (χ4n) is 6.96. The van der Waals surface area contributed by atoms with Crippen molar-refractivity contribution in [3.63, 3.8) is 0 Å². The van der Waals surface area contributed by atoms with Crippen LogP contribution in [0.1, 0.15) is 194 Å². The molecule has 0 atom stereocenters. The summed E-state index contributed by atoms with van der Waals surface area (Å²) < 4.78 is 0. The molecule has 0 saturated heterocycles. The van der Waals surface area contributed by atoms with E-state index in [0.717, 1.165) is 35.5 Å². The SMILES string of the molecule is CCCCCCCC/C=C\CCCCCCCC(N)=O.CCCCCCCC/C=C\CCCCCCCC(N)=O.O=C(O)CN(CCN(CC(=O)O)CC(=O)O)CCN(CC(=O)O)CC(=O)O. The molecular formula is C50H93N5O12. The third kappa shape index (κ3) is 61.6. The van der Waals surface area contributed by atoms with E-state index in [0.29, 0.717) is 12.8 Å². The Morgan fingerprint density at radius 1 is 0.328 bits per heavy atom. The summed E-state index contributed by atoms with van der Waals surface area (Å²) in [4.78, 5) is 78.7. The third-order valence-electron chi connectivity index (χ3n) is 10.6. The van der Waals surface area contributed by atoms with Gasteiger partial charge < -0.3 is 37.0 Å². The lowest BCUT2D eigenvalue weighted by molar-refractivity contribution is -0.143. The van der Waals surface area contributed by atoms with E-state index in [1.165, 1.54) is 146 Å². The Balaban J connectivity index is -0.000000933. The fraction of sp³-hybridized carbons (Fsp3) is 0.780. The molecule has 67 heavy (non-hydrogen) atoms. The van der Waals surface area contributed by atoms with Crippen molar-refractivity contribution in [2.75, 3.05) is 58.9 Å². The molecule has 2 amide bonds. The second-order valence-corrected chi connectivity index (χ2v) is 17.3. The zero-order valence-corrected chi connectivity index (χ0v) is 41.6. The summed E-state index contributed by atoms with van der Waals surface area (Å²) in [6.45, 7) is 1.79.